The van der Waals surface area contributed by atoms with Crippen LogP contribution in [0.25, 0.3) is 16.4 Å². The maximum Gasteiger partial charge on any atom is 0.433 e. The third kappa shape index (κ3) is 4.52. The van der Waals surface area contributed by atoms with Crippen LogP contribution in [-0.2, 0) is 6.18 Å². The quantitative estimate of drug-likeness (QED) is 0.402. The van der Waals surface area contributed by atoms with Gasteiger partial charge in [0.25, 0.3) is 5.91 Å². The second kappa shape index (κ2) is 8.58. The van der Waals surface area contributed by atoms with Crippen LogP contribution in [0, 0.1) is 5.82 Å². The number of aromatic nitrogens is 3. The van der Waals surface area contributed by atoms with E-state index in [2.05, 4.69) is 20.6 Å². The van der Waals surface area contributed by atoms with E-state index in [1.54, 1.807) is 35.3 Å². The molecule has 1 aliphatic rings. The van der Waals surface area contributed by atoms with Crippen molar-refractivity contribution < 1.29 is 22.4 Å². The van der Waals surface area contributed by atoms with E-state index in [4.69, 9.17) is 0 Å². The number of nitrogens with zero attached hydrogens (tertiary/aromatic N) is 3. The Morgan fingerprint density at radius 2 is 1.91 bits per heavy atom. The SMILES string of the molecule is O=C(NC1CCC[C@H](Nc2cc(C(F)(F)F)nc3ccc(F)cc23)C1)c1ccn2cncc2c1. The van der Waals surface area contributed by atoms with Crippen molar-refractivity contribution in [1.82, 2.24) is 19.7 Å². The number of anilines is 1. The van der Waals surface area contributed by atoms with E-state index in [0.717, 1.165) is 30.5 Å². The van der Waals surface area contributed by atoms with Gasteiger partial charge in [-0.05, 0) is 62.1 Å². The largest absolute Gasteiger partial charge is 0.433 e. The first-order valence-corrected chi connectivity index (χ1v) is 10.9. The standard InChI is InChI=1S/C24H21F4N5O/c25-15-4-5-20-19(9-15)21(11-22(32-20)24(26,27)28)30-16-2-1-3-17(10-16)31-23(34)14-6-7-33-13-29-12-18(33)8-14/h4-9,11-13,16-17H,1-3,10H2,(H,30,32)(H,31,34)/t16-,17?/m0/s1. The topological polar surface area (TPSA) is 71.3 Å². The Kier molecular flexibility index (Phi) is 5.59. The van der Waals surface area contributed by atoms with Gasteiger partial charge in [-0.2, -0.15) is 13.2 Å². The fraction of sp³-hybridized carbons (Fsp3) is 0.292. The molecule has 2 N–H and O–H groups in total. The average Bonchev–Trinajstić information content (AvgIpc) is 3.27. The van der Waals surface area contributed by atoms with E-state index in [-0.39, 0.29) is 34.6 Å². The molecule has 1 unspecified atom stereocenters. The van der Waals surface area contributed by atoms with Crippen molar-refractivity contribution in [1.29, 1.82) is 0 Å². The molecule has 6 nitrogen and oxygen atoms in total. The summed E-state index contributed by atoms with van der Waals surface area (Å²) in [7, 11) is 0. The van der Waals surface area contributed by atoms with Crippen LogP contribution in [-0.4, -0.2) is 32.4 Å². The number of hydrogen-bond donors (Lipinski definition) is 2. The first-order chi connectivity index (χ1) is 16.3. The summed E-state index contributed by atoms with van der Waals surface area (Å²) < 4.78 is 55.8. The Balaban J connectivity index is 1.34. The molecule has 2 atom stereocenters. The number of alkyl halides is 3. The van der Waals surface area contributed by atoms with Crippen molar-refractivity contribution in [2.24, 2.45) is 0 Å². The molecule has 0 bridgehead atoms. The number of pyridine rings is 2. The normalized spacial score (nSPS) is 18.8. The third-order valence-corrected chi connectivity index (χ3v) is 6.11. The maximum atomic E-state index is 13.8. The average molecular weight is 471 g/mol. The molecule has 34 heavy (non-hydrogen) atoms. The Hall–Kier alpha value is -3.69. The number of fused-ring (bicyclic) bond motifs is 2. The van der Waals surface area contributed by atoms with Gasteiger partial charge in [-0.1, -0.05) is 0 Å². The zero-order valence-electron chi connectivity index (χ0n) is 17.9. The molecule has 4 aromatic rings. The van der Waals surface area contributed by atoms with Gasteiger partial charge >= 0.3 is 6.18 Å². The second-order valence-corrected chi connectivity index (χ2v) is 8.53. The molecule has 0 radical (unpaired) electrons. The molecule has 5 rings (SSSR count). The summed E-state index contributed by atoms with van der Waals surface area (Å²) in [5, 5.41) is 6.47. The van der Waals surface area contributed by atoms with Gasteiger partial charge in [-0.25, -0.2) is 14.4 Å². The highest BCUT2D eigenvalue weighted by molar-refractivity contribution is 5.95. The smallest absolute Gasteiger partial charge is 0.382 e. The monoisotopic (exact) mass is 471 g/mol. The number of imidazole rings is 1. The van der Waals surface area contributed by atoms with E-state index in [0.29, 0.717) is 18.4 Å². The number of carbonyl (C=O) groups is 1. The van der Waals surface area contributed by atoms with Crippen LogP contribution in [0.2, 0.25) is 0 Å². The van der Waals surface area contributed by atoms with E-state index in [9.17, 15) is 22.4 Å². The van der Waals surface area contributed by atoms with Crippen molar-refractivity contribution in [2.45, 2.75) is 43.9 Å². The Bertz CT molecular complexity index is 1370. The van der Waals surface area contributed by atoms with Crippen LogP contribution in [0.15, 0.2) is 55.1 Å². The molecular weight excluding hydrogens is 450 g/mol. The van der Waals surface area contributed by atoms with Crippen molar-refractivity contribution in [3.05, 3.63) is 72.2 Å². The molecule has 10 heteroatoms. The Morgan fingerprint density at radius 1 is 1.09 bits per heavy atom. The van der Waals surface area contributed by atoms with Gasteiger partial charge < -0.3 is 15.0 Å². The summed E-state index contributed by atoms with van der Waals surface area (Å²) in [5.41, 5.74) is 0.515. The highest BCUT2D eigenvalue weighted by Gasteiger charge is 2.34. The molecule has 1 amide bonds. The summed E-state index contributed by atoms with van der Waals surface area (Å²) in [6.45, 7) is 0. The fourth-order valence-corrected chi connectivity index (χ4v) is 4.46. The zero-order chi connectivity index (χ0) is 23.9. The number of nitrogens with one attached hydrogen (secondary N) is 2. The summed E-state index contributed by atoms with van der Waals surface area (Å²) in [5.74, 6) is -0.772. The lowest BCUT2D eigenvalue weighted by Gasteiger charge is -2.31. The van der Waals surface area contributed by atoms with Crippen LogP contribution in [0.4, 0.5) is 23.2 Å². The second-order valence-electron chi connectivity index (χ2n) is 8.53. The molecule has 0 saturated heterocycles. The molecule has 1 aliphatic carbocycles. The van der Waals surface area contributed by atoms with E-state index >= 15 is 0 Å². The van der Waals surface area contributed by atoms with Crippen molar-refractivity contribution in [3.63, 3.8) is 0 Å². The molecule has 1 aromatic carbocycles. The van der Waals surface area contributed by atoms with Gasteiger partial charge in [-0.15, -0.1) is 0 Å². The van der Waals surface area contributed by atoms with Crippen molar-refractivity contribution >= 4 is 28.0 Å². The van der Waals surface area contributed by atoms with Gasteiger partial charge in [0, 0.05) is 34.9 Å². The number of amides is 1. The van der Waals surface area contributed by atoms with E-state index in [1.165, 1.54) is 12.1 Å². The number of hydrogen-bond acceptors (Lipinski definition) is 4. The molecule has 1 saturated carbocycles. The minimum Gasteiger partial charge on any atom is -0.382 e. The predicted octanol–water partition coefficient (Wildman–Crippen LogP) is 5.19. The number of benzene rings is 1. The van der Waals surface area contributed by atoms with Crippen LogP contribution >= 0.6 is 0 Å². The fourth-order valence-electron chi connectivity index (χ4n) is 4.46. The lowest BCUT2D eigenvalue weighted by atomic mass is 9.90. The van der Waals surface area contributed by atoms with Crippen molar-refractivity contribution in [3.8, 4) is 0 Å². The van der Waals surface area contributed by atoms with Gasteiger partial charge in [0.2, 0.25) is 0 Å². The van der Waals surface area contributed by atoms with Crippen LogP contribution in [0.5, 0.6) is 0 Å². The lowest BCUT2D eigenvalue weighted by Crippen LogP contribution is -2.41. The van der Waals surface area contributed by atoms with Crippen LogP contribution in [0.3, 0.4) is 0 Å². The summed E-state index contributed by atoms with van der Waals surface area (Å²) in [6, 6.07) is 7.55. The van der Waals surface area contributed by atoms with Crippen LogP contribution in [0.1, 0.15) is 41.7 Å². The first-order valence-electron chi connectivity index (χ1n) is 10.9. The molecule has 1 fully saturated rings. The van der Waals surface area contributed by atoms with Gasteiger partial charge in [-0.3, -0.25) is 4.79 Å². The highest BCUT2D eigenvalue weighted by Crippen LogP contribution is 2.34. The summed E-state index contributed by atoms with van der Waals surface area (Å²) in [6.07, 6.45) is 3.23. The molecular formula is C24H21F4N5O. The molecule has 176 valence electrons. The number of rotatable bonds is 4. The van der Waals surface area contributed by atoms with Gasteiger partial charge in [0.15, 0.2) is 0 Å². The van der Waals surface area contributed by atoms with Crippen molar-refractivity contribution in [2.75, 3.05) is 5.32 Å². The number of carbonyl (C=O) groups excluding carboxylic acids is 1. The molecule has 3 heterocycles. The zero-order valence-corrected chi connectivity index (χ0v) is 17.9. The van der Waals surface area contributed by atoms with Gasteiger partial charge in [0.1, 0.15) is 11.5 Å². The minimum atomic E-state index is -4.63. The van der Waals surface area contributed by atoms with E-state index < -0.39 is 17.7 Å². The van der Waals surface area contributed by atoms with E-state index in [1.807, 2.05) is 0 Å². The minimum absolute atomic E-state index is 0.0645. The Labute approximate surface area is 192 Å². The molecule has 3 aromatic heterocycles. The lowest BCUT2D eigenvalue weighted by molar-refractivity contribution is -0.140. The third-order valence-electron chi connectivity index (χ3n) is 6.11. The maximum absolute atomic E-state index is 13.8. The predicted molar refractivity (Wildman–Crippen MR) is 119 cm³/mol. The molecule has 0 spiro atoms. The highest BCUT2D eigenvalue weighted by atomic mass is 19.4. The summed E-state index contributed by atoms with van der Waals surface area (Å²) >= 11 is 0. The van der Waals surface area contributed by atoms with Gasteiger partial charge in [0.05, 0.1) is 23.6 Å². The van der Waals surface area contributed by atoms with Crippen LogP contribution < -0.4 is 10.6 Å². The first kappa shape index (κ1) is 22.1. The summed E-state index contributed by atoms with van der Waals surface area (Å²) in [4.78, 5) is 20.5. The Morgan fingerprint density at radius 3 is 2.74 bits per heavy atom. The molecule has 0 aliphatic heterocycles. The number of halogens is 4.